The second-order valence-corrected chi connectivity index (χ2v) is 5.60. The van der Waals surface area contributed by atoms with Crippen molar-refractivity contribution in [3.63, 3.8) is 0 Å². The van der Waals surface area contributed by atoms with Crippen molar-refractivity contribution in [2.24, 2.45) is 0 Å². The highest BCUT2D eigenvalue weighted by Crippen LogP contribution is 2.02. The van der Waals surface area contributed by atoms with Crippen molar-refractivity contribution in [2.45, 2.75) is 64.7 Å². The van der Waals surface area contributed by atoms with E-state index in [1.807, 2.05) is 0 Å². The Labute approximate surface area is 132 Å². The minimum absolute atomic E-state index is 0.444. The van der Waals surface area contributed by atoms with Gasteiger partial charge in [-0.3, -0.25) is 0 Å². The van der Waals surface area contributed by atoms with Gasteiger partial charge in [-0.2, -0.15) is 0 Å². The molecule has 0 saturated carbocycles. The van der Waals surface area contributed by atoms with E-state index in [-0.39, 0.29) is 0 Å². The normalized spacial score (nSPS) is 10.9. The summed E-state index contributed by atoms with van der Waals surface area (Å²) in [4.78, 5) is 11.2. The van der Waals surface area contributed by atoms with E-state index in [2.05, 4.69) is 35.0 Å². The van der Waals surface area contributed by atoms with E-state index >= 15 is 0 Å². The zero-order valence-electron chi connectivity index (χ0n) is 12.7. The number of halogens is 1. The number of carbonyl (C=O) groups is 1. The van der Waals surface area contributed by atoms with E-state index < -0.39 is 6.16 Å². The van der Waals surface area contributed by atoms with Gasteiger partial charge in [-0.05, 0) is 44.9 Å². The van der Waals surface area contributed by atoms with Crippen LogP contribution in [0.5, 0.6) is 0 Å². The third-order valence-corrected chi connectivity index (χ3v) is 3.43. The van der Waals surface area contributed by atoms with Crippen molar-refractivity contribution < 1.29 is 14.3 Å². The van der Waals surface area contributed by atoms with Crippen molar-refractivity contribution in [1.82, 2.24) is 0 Å². The average molecular weight is 349 g/mol. The van der Waals surface area contributed by atoms with E-state index in [0.29, 0.717) is 13.2 Å². The molecule has 0 amide bonds. The molecule has 0 fully saturated rings. The lowest BCUT2D eigenvalue weighted by atomic mass is 10.2. The van der Waals surface area contributed by atoms with Gasteiger partial charge >= 0.3 is 6.16 Å². The zero-order valence-corrected chi connectivity index (χ0v) is 14.3. The molecular weight excluding hydrogens is 320 g/mol. The lowest BCUT2D eigenvalue weighted by Crippen LogP contribution is -2.09. The average Bonchev–Trinajstić information content (AvgIpc) is 2.45. The molecule has 0 saturated heterocycles. The van der Waals surface area contributed by atoms with Crippen molar-refractivity contribution in [2.75, 3.05) is 18.5 Å². The number of alkyl halides is 1. The van der Waals surface area contributed by atoms with Crippen LogP contribution in [-0.2, 0) is 9.47 Å². The molecule has 4 heteroatoms. The van der Waals surface area contributed by atoms with Crippen LogP contribution in [0.3, 0.4) is 0 Å². The molecule has 0 spiro atoms. The largest absolute Gasteiger partial charge is 0.508 e. The van der Waals surface area contributed by atoms with Gasteiger partial charge in [-0.25, -0.2) is 4.79 Å². The number of carbonyl (C=O) groups excluding carboxylic acids is 1. The molecule has 0 heterocycles. The topological polar surface area (TPSA) is 35.5 Å². The molecule has 0 aliphatic rings. The highest BCUT2D eigenvalue weighted by Gasteiger charge is 2.02. The summed E-state index contributed by atoms with van der Waals surface area (Å²) in [6.45, 7) is 3.12. The fourth-order valence-electron chi connectivity index (χ4n) is 1.68. The Morgan fingerprint density at radius 2 is 1.55 bits per heavy atom. The molecule has 0 aromatic rings. The van der Waals surface area contributed by atoms with E-state index in [1.165, 1.54) is 19.3 Å². The molecule has 0 rings (SSSR count). The summed E-state index contributed by atoms with van der Waals surface area (Å²) in [5.41, 5.74) is 0. The van der Waals surface area contributed by atoms with Gasteiger partial charge in [0.15, 0.2) is 0 Å². The van der Waals surface area contributed by atoms with Crippen molar-refractivity contribution in [3.8, 4) is 0 Å². The fraction of sp³-hybridized carbons (Fsp3) is 0.812. The fourth-order valence-corrected chi connectivity index (χ4v) is 2.07. The summed E-state index contributed by atoms with van der Waals surface area (Å²) >= 11 is 3.36. The van der Waals surface area contributed by atoms with Crippen LogP contribution in [0.15, 0.2) is 12.2 Å². The first-order valence-corrected chi connectivity index (χ1v) is 8.94. The van der Waals surface area contributed by atoms with Crippen LogP contribution < -0.4 is 0 Å². The first kappa shape index (κ1) is 19.5. The van der Waals surface area contributed by atoms with Gasteiger partial charge in [0.25, 0.3) is 0 Å². The Balaban J connectivity index is 3.22. The molecule has 0 aliphatic carbocycles. The maximum atomic E-state index is 11.2. The van der Waals surface area contributed by atoms with Crippen LogP contribution >= 0.6 is 15.9 Å². The van der Waals surface area contributed by atoms with Gasteiger partial charge in [0.2, 0.25) is 0 Å². The highest BCUT2D eigenvalue weighted by molar-refractivity contribution is 9.09. The standard InChI is InChI=1S/C16H29BrO3/c1-2-3-4-5-6-7-8-11-14-19-16(18)20-15-12-9-10-13-17/h6-7H,2-5,8-15H2,1H3. The van der Waals surface area contributed by atoms with Crippen LogP contribution in [0.2, 0.25) is 0 Å². The quantitative estimate of drug-likeness (QED) is 0.187. The lowest BCUT2D eigenvalue weighted by Gasteiger charge is -2.05. The number of rotatable bonds is 13. The maximum Gasteiger partial charge on any atom is 0.508 e. The van der Waals surface area contributed by atoms with E-state index in [1.54, 1.807) is 0 Å². The summed E-state index contributed by atoms with van der Waals surface area (Å²) in [5.74, 6) is 0. The molecule has 0 bridgehead atoms. The molecule has 3 nitrogen and oxygen atoms in total. The predicted octanol–water partition coefficient (Wildman–Crippen LogP) is 5.62. The van der Waals surface area contributed by atoms with Gasteiger partial charge < -0.3 is 9.47 Å². The van der Waals surface area contributed by atoms with Gasteiger partial charge in [0, 0.05) is 5.33 Å². The van der Waals surface area contributed by atoms with Crippen molar-refractivity contribution >= 4 is 22.1 Å². The van der Waals surface area contributed by atoms with E-state index in [4.69, 9.17) is 9.47 Å². The second kappa shape index (κ2) is 16.5. The Kier molecular flexibility index (Phi) is 16.1. The number of unbranched alkanes of at least 4 members (excludes halogenated alkanes) is 6. The molecular formula is C16H29BrO3. The second-order valence-electron chi connectivity index (χ2n) is 4.81. The predicted molar refractivity (Wildman–Crippen MR) is 87.5 cm³/mol. The van der Waals surface area contributed by atoms with Gasteiger partial charge in [-0.1, -0.05) is 47.8 Å². The molecule has 0 N–H and O–H groups in total. The highest BCUT2D eigenvalue weighted by atomic mass is 79.9. The number of hydrogen-bond acceptors (Lipinski definition) is 3. The summed E-state index contributed by atoms with van der Waals surface area (Å²) in [6.07, 6.45) is 13.8. The molecule has 0 atom stereocenters. The Bertz CT molecular complexity index is 242. The minimum atomic E-state index is -0.532. The van der Waals surface area contributed by atoms with Crippen LogP contribution in [0.1, 0.15) is 64.7 Å². The molecule has 0 aromatic heterocycles. The van der Waals surface area contributed by atoms with Crippen molar-refractivity contribution in [1.29, 1.82) is 0 Å². The molecule has 118 valence electrons. The number of hydrogen-bond donors (Lipinski definition) is 0. The van der Waals surface area contributed by atoms with Crippen LogP contribution in [0, 0.1) is 0 Å². The molecule has 0 radical (unpaired) electrons. The van der Waals surface area contributed by atoms with Crippen LogP contribution in [-0.4, -0.2) is 24.7 Å². The van der Waals surface area contributed by atoms with Gasteiger partial charge in [-0.15, -0.1) is 0 Å². The van der Waals surface area contributed by atoms with Gasteiger partial charge in [0.05, 0.1) is 13.2 Å². The number of allylic oxidation sites excluding steroid dienone is 2. The summed E-state index contributed by atoms with van der Waals surface area (Å²) < 4.78 is 9.96. The summed E-state index contributed by atoms with van der Waals surface area (Å²) in [5, 5.41) is 1.00. The number of ether oxygens (including phenoxy) is 2. The summed E-state index contributed by atoms with van der Waals surface area (Å²) in [7, 11) is 0. The first-order valence-electron chi connectivity index (χ1n) is 7.81. The molecule has 0 aliphatic heterocycles. The Hall–Kier alpha value is -0.510. The minimum Gasteiger partial charge on any atom is -0.434 e. The van der Waals surface area contributed by atoms with Crippen molar-refractivity contribution in [3.05, 3.63) is 12.2 Å². The maximum absolute atomic E-state index is 11.2. The monoisotopic (exact) mass is 348 g/mol. The molecule has 0 unspecified atom stereocenters. The molecule has 0 aromatic carbocycles. The molecule has 20 heavy (non-hydrogen) atoms. The lowest BCUT2D eigenvalue weighted by molar-refractivity contribution is 0.0536. The summed E-state index contributed by atoms with van der Waals surface area (Å²) in [6, 6.07) is 0. The van der Waals surface area contributed by atoms with Gasteiger partial charge in [0.1, 0.15) is 0 Å². The first-order chi connectivity index (χ1) is 9.81. The third kappa shape index (κ3) is 15.5. The SMILES string of the molecule is CCCCCC=CCCCOC(=O)OCCCCCBr. The Morgan fingerprint density at radius 3 is 2.20 bits per heavy atom. The third-order valence-electron chi connectivity index (χ3n) is 2.87. The van der Waals surface area contributed by atoms with Crippen LogP contribution in [0.25, 0.3) is 0 Å². The zero-order chi connectivity index (χ0) is 14.9. The van der Waals surface area contributed by atoms with Crippen LogP contribution in [0.4, 0.5) is 4.79 Å². The van der Waals surface area contributed by atoms with E-state index in [0.717, 1.165) is 43.9 Å². The van der Waals surface area contributed by atoms with E-state index in [9.17, 15) is 4.79 Å². The smallest absolute Gasteiger partial charge is 0.434 e. The Morgan fingerprint density at radius 1 is 0.900 bits per heavy atom.